The maximum Gasteiger partial charge on any atom is 1.00 e. The predicted molar refractivity (Wildman–Crippen MR) is 123 cm³/mol. The zero-order valence-corrected chi connectivity index (χ0v) is 25.2. The van der Waals surface area contributed by atoms with Gasteiger partial charge in [0.15, 0.2) is 0 Å². The van der Waals surface area contributed by atoms with Gasteiger partial charge in [-0.15, -0.1) is 0 Å². The summed E-state index contributed by atoms with van der Waals surface area (Å²) < 4.78 is 4.67. The van der Waals surface area contributed by atoms with Crippen LogP contribution in [-0.4, -0.2) is 52.3 Å². The number of ketones is 2. The van der Waals surface area contributed by atoms with Crippen molar-refractivity contribution in [2.75, 3.05) is 6.61 Å². The number of nitrogens with zero attached hydrogens (tertiary/aromatic N) is 2. The molecule has 0 unspecified atom stereocenters. The van der Waals surface area contributed by atoms with Crippen LogP contribution in [0.2, 0.25) is 0 Å². The van der Waals surface area contributed by atoms with Crippen LogP contribution in [-0.2, 0) is 28.7 Å². The molecular formula is C24H37KN2O8. The van der Waals surface area contributed by atoms with Crippen LogP contribution in [0, 0.1) is 13.1 Å². The molecule has 0 atom stereocenters. The molecule has 0 rings (SSSR count). The molecule has 0 aliphatic rings. The summed E-state index contributed by atoms with van der Waals surface area (Å²) in [6.07, 6.45) is 2.45. The third-order valence-corrected chi connectivity index (χ3v) is 4.07. The van der Waals surface area contributed by atoms with Crippen LogP contribution in [0.4, 0.5) is 0 Å². The van der Waals surface area contributed by atoms with Gasteiger partial charge in [-0.2, -0.15) is 0 Å². The third-order valence-electron chi connectivity index (χ3n) is 4.07. The van der Waals surface area contributed by atoms with Crippen molar-refractivity contribution in [3.63, 3.8) is 0 Å². The summed E-state index contributed by atoms with van der Waals surface area (Å²) in [5.41, 5.74) is -0.806. The van der Waals surface area contributed by atoms with Gasteiger partial charge in [-0.05, 0) is 26.7 Å². The van der Waals surface area contributed by atoms with Crippen LogP contribution < -0.4 is 56.5 Å². The summed E-state index contributed by atoms with van der Waals surface area (Å²) in [7, 11) is 0. The first-order valence-corrected chi connectivity index (χ1v) is 10.9. The number of rotatable bonds is 13. The number of Topliss-reactive ketones (excluding diaryl/α,β-unsaturated/α-hetero) is 2. The van der Waals surface area contributed by atoms with E-state index in [0.717, 1.165) is 0 Å². The fourth-order valence-corrected chi connectivity index (χ4v) is 2.17. The van der Waals surface area contributed by atoms with Crippen LogP contribution in [0.3, 0.4) is 0 Å². The molecule has 0 heterocycles. The number of ether oxygens (including phenoxy) is 1. The minimum absolute atomic E-state index is 0. The Kier molecular flexibility index (Phi) is 26.4. The van der Waals surface area contributed by atoms with Crippen LogP contribution in [0.15, 0.2) is 0 Å². The van der Waals surface area contributed by atoms with Gasteiger partial charge >= 0.3 is 63.3 Å². The number of hydrogen-bond acceptors (Lipinski definition) is 7. The van der Waals surface area contributed by atoms with Gasteiger partial charge in [0, 0.05) is 65.8 Å². The SMILES string of the molecule is CC(=O)CC(=O)[O-].[C-]#[N+]C(C)(C)CCCC(=O)CC(=O)OCC.[C-]#[N+]C(C)(C)CCCC(=O)O.[K+]. The van der Waals surface area contributed by atoms with E-state index in [4.69, 9.17) is 18.3 Å². The summed E-state index contributed by atoms with van der Waals surface area (Å²) in [6.45, 7) is 24.2. The monoisotopic (exact) mass is 520 g/mol. The van der Waals surface area contributed by atoms with E-state index in [9.17, 15) is 29.1 Å². The standard InChI is InChI=1S/C12H19NO3.C8H13NO2.C4H6O3.K/c1-5-16-11(15)9-10(14)7-6-8-12(2,3)13-4;1-8(2,9-3)6-4-5-7(10)11;1-3(5)2-4(6)7;/h5-9H2,1-3H3;4-6H2,1-2H3,(H,10,11);2H2,1H3,(H,6,7);/q;;;+1/p-1. The van der Waals surface area contributed by atoms with Crippen molar-refractivity contribution >= 4 is 29.5 Å². The first-order valence-electron chi connectivity index (χ1n) is 10.9. The Morgan fingerprint density at radius 3 is 1.60 bits per heavy atom. The van der Waals surface area contributed by atoms with Crippen LogP contribution in [0.1, 0.15) is 92.9 Å². The number of carboxylic acid groups (broad SMARTS) is 2. The third kappa shape index (κ3) is 34.6. The Labute approximate surface area is 251 Å². The molecule has 0 aromatic heterocycles. The molecule has 35 heavy (non-hydrogen) atoms. The van der Waals surface area contributed by atoms with E-state index in [1.54, 1.807) is 6.92 Å². The smallest absolute Gasteiger partial charge is 0.550 e. The number of esters is 1. The van der Waals surface area contributed by atoms with Crippen molar-refractivity contribution in [2.24, 2.45) is 0 Å². The van der Waals surface area contributed by atoms with E-state index in [-0.39, 0.29) is 75.8 Å². The van der Waals surface area contributed by atoms with Gasteiger partial charge in [0.25, 0.3) is 0 Å². The van der Waals surface area contributed by atoms with E-state index >= 15 is 0 Å². The summed E-state index contributed by atoms with van der Waals surface area (Å²) in [6, 6.07) is 0. The van der Waals surface area contributed by atoms with E-state index in [1.165, 1.54) is 6.92 Å². The first kappa shape index (κ1) is 40.5. The quantitative estimate of drug-likeness (QED) is 0.155. The Balaban J connectivity index is -0.000000220. The molecular weight excluding hydrogens is 483 g/mol. The molecule has 0 saturated carbocycles. The number of aliphatic carboxylic acids is 2. The number of hydrogen-bond donors (Lipinski definition) is 1. The molecule has 0 aliphatic carbocycles. The van der Waals surface area contributed by atoms with Crippen molar-refractivity contribution in [3.8, 4) is 0 Å². The Hall–Kier alpha value is -1.63. The molecule has 1 N–H and O–H groups in total. The fourth-order valence-electron chi connectivity index (χ4n) is 2.17. The molecule has 11 heteroatoms. The molecule has 0 radical (unpaired) electrons. The van der Waals surface area contributed by atoms with Crippen molar-refractivity contribution in [2.45, 2.75) is 104 Å². The van der Waals surface area contributed by atoms with Crippen LogP contribution >= 0.6 is 0 Å². The molecule has 192 valence electrons. The van der Waals surface area contributed by atoms with E-state index < -0.39 is 35.4 Å². The van der Waals surface area contributed by atoms with Gasteiger partial charge < -0.3 is 29.4 Å². The largest absolute Gasteiger partial charge is 1.00 e. The van der Waals surface area contributed by atoms with Gasteiger partial charge in [0.1, 0.15) is 18.0 Å². The molecule has 0 fully saturated rings. The second-order valence-corrected chi connectivity index (χ2v) is 8.72. The predicted octanol–water partition coefficient (Wildman–Crippen LogP) is 0.0355. The van der Waals surface area contributed by atoms with Crippen molar-refractivity contribution < 1.29 is 90.3 Å². The average molecular weight is 521 g/mol. The van der Waals surface area contributed by atoms with E-state index in [0.29, 0.717) is 38.7 Å². The summed E-state index contributed by atoms with van der Waals surface area (Å²) in [5.74, 6) is -3.05. The molecule has 0 saturated heterocycles. The molecule has 0 aliphatic heterocycles. The average Bonchev–Trinajstić information content (AvgIpc) is 2.67. The number of carboxylic acids is 2. The van der Waals surface area contributed by atoms with Crippen molar-refractivity contribution in [1.82, 2.24) is 0 Å². The number of carbonyl (C=O) groups is 5. The van der Waals surface area contributed by atoms with Gasteiger partial charge in [0.05, 0.1) is 6.61 Å². The first-order chi connectivity index (χ1) is 15.5. The Morgan fingerprint density at radius 1 is 0.886 bits per heavy atom. The Bertz CT molecular complexity index is 752. The minimum Gasteiger partial charge on any atom is -0.550 e. The maximum atomic E-state index is 11.3. The molecule has 0 spiro atoms. The molecule has 0 amide bonds. The van der Waals surface area contributed by atoms with Gasteiger partial charge in [0.2, 0.25) is 11.1 Å². The van der Waals surface area contributed by atoms with Crippen molar-refractivity contribution in [3.05, 3.63) is 22.8 Å². The van der Waals surface area contributed by atoms with E-state index in [2.05, 4.69) is 14.4 Å². The Morgan fingerprint density at radius 2 is 1.31 bits per heavy atom. The summed E-state index contributed by atoms with van der Waals surface area (Å²) in [5, 5.41) is 17.8. The van der Waals surface area contributed by atoms with Crippen LogP contribution in [0.25, 0.3) is 9.69 Å². The fraction of sp³-hybridized carbons (Fsp3) is 0.708. The van der Waals surface area contributed by atoms with E-state index in [1.807, 2.05) is 27.7 Å². The summed E-state index contributed by atoms with van der Waals surface area (Å²) >= 11 is 0. The molecule has 0 aromatic carbocycles. The maximum absolute atomic E-state index is 11.3. The molecule has 0 aromatic rings. The number of carbonyl (C=O) groups excluding carboxylic acids is 4. The second kappa shape index (κ2) is 22.8. The van der Waals surface area contributed by atoms with Gasteiger partial charge in [-0.1, -0.05) is 0 Å². The minimum atomic E-state index is -1.31. The van der Waals surface area contributed by atoms with Crippen LogP contribution in [0.5, 0.6) is 0 Å². The van der Waals surface area contributed by atoms with Gasteiger partial charge in [-0.3, -0.25) is 19.2 Å². The zero-order valence-electron chi connectivity index (χ0n) is 22.1. The topological polar surface area (TPSA) is 147 Å². The van der Waals surface area contributed by atoms with Gasteiger partial charge in [-0.25, -0.2) is 13.1 Å². The summed E-state index contributed by atoms with van der Waals surface area (Å²) in [4.78, 5) is 58.5. The second-order valence-electron chi connectivity index (χ2n) is 8.72. The normalized spacial score (nSPS) is 9.83. The molecule has 0 bridgehead atoms. The zero-order chi connectivity index (χ0) is 27.4. The van der Waals surface area contributed by atoms with Crippen molar-refractivity contribution in [1.29, 1.82) is 0 Å². The molecule has 10 nitrogen and oxygen atoms in total.